The van der Waals surface area contributed by atoms with Crippen molar-refractivity contribution in [3.05, 3.63) is 84.0 Å². The molecule has 7 rings (SSSR count). The Kier molecular flexibility index (Phi) is 15.6. The van der Waals surface area contributed by atoms with E-state index >= 15 is 0 Å². The van der Waals surface area contributed by atoms with Gasteiger partial charge in [0, 0.05) is 7.92 Å². The first-order valence-corrected chi connectivity index (χ1v) is 29.1. The Bertz CT molecular complexity index is 1610. The molecule has 5 aliphatic rings. The van der Waals surface area contributed by atoms with Crippen molar-refractivity contribution in [1.29, 1.82) is 0 Å². The summed E-state index contributed by atoms with van der Waals surface area (Å²) in [5.41, 5.74) is 8.55. The molecule has 2 aromatic carbocycles. The molecule has 2 aromatic rings. The number of sulfonamides is 2. The van der Waals surface area contributed by atoms with Crippen molar-refractivity contribution in [3.63, 3.8) is 0 Å². The molecule has 12 heteroatoms. The Hall–Kier alpha value is -0.497. The molecule has 1 saturated heterocycles. The quantitative estimate of drug-likeness (QED) is 0.165. The van der Waals surface area contributed by atoms with Gasteiger partial charge in [0.05, 0.1) is 29.5 Å². The molecule has 1 aliphatic heterocycles. The van der Waals surface area contributed by atoms with Crippen LogP contribution in [0.2, 0.25) is 0 Å². The van der Waals surface area contributed by atoms with E-state index in [4.69, 9.17) is 19.4 Å². The average molecular weight is 871 g/mol. The Balaban J connectivity index is 0.000000149. The van der Waals surface area contributed by atoms with Gasteiger partial charge in [-0.25, -0.2) is 16.8 Å². The number of halogens is 2. The van der Waals surface area contributed by atoms with Crippen LogP contribution in [0.15, 0.2) is 60.7 Å². The van der Waals surface area contributed by atoms with E-state index in [1.54, 1.807) is 96.3 Å². The fourth-order valence-corrected chi connectivity index (χ4v) is 17.6. The van der Waals surface area contributed by atoms with Gasteiger partial charge in [0.15, 0.2) is 20.0 Å². The molecule has 4 fully saturated rings. The maximum absolute atomic E-state index is 11.0. The van der Waals surface area contributed by atoms with Gasteiger partial charge in [0.2, 0.25) is 0 Å². The van der Waals surface area contributed by atoms with Crippen molar-refractivity contribution in [2.75, 3.05) is 25.6 Å². The van der Waals surface area contributed by atoms with Crippen LogP contribution in [-0.4, -0.2) is 72.1 Å². The van der Waals surface area contributed by atoms with Crippen molar-refractivity contribution >= 4 is 57.0 Å². The molecular formula is C38H55Cl2N2O4PRuS2. The van der Waals surface area contributed by atoms with Gasteiger partial charge < -0.3 is 8.61 Å². The molecular weight excluding hydrogens is 816 g/mol. The van der Waals surface area contributed by atoms with E-state index in [9.17, 15) is 16.8 Å². The summed E-state index contributed by atoms with van der Waals surface area (Å²) in [5, 5.41) is 0. The zero-order valence-electron chi connectivity index (χ0n) is 29.6. The molecule has 0 aromatic heterocycles. The van der Waals surface area contributed by atoms with Crippen molar-refractivity contribution < 1.29 is 30.4 Å². The average Bonchev–Trinajstić information content (AvgIpc) is 3.78. The van der Waals surface area contributed by atoms with Crippen molar-refractivity contribution in [2.24, 2.45) is 0 Å². The molecule has 0 unspecified atom stereocenters. The summed E-state index contributed by atoms with van der Waals surface area (Å²) in [5.74, 6) is 0. The first-order valence-electron chi connectivity index (χ1n) is 18.3. The number of allylic oxidation sites excluding steroid dienone is 1. The molecule has 0 N–H and O–H groups in total. The minimum atomic E-state index is -3.32. The van der Waals surface area contributed by atoms with Crippen LogP contribution in [0.5, 0.6) is 0 Å². The number of hydrogen-bond donors (Lipinski definition) is 0. The van der Waals surface area contributed by atoms with Gasteiger partial charge >= 0.3 is 120 Å². The molecule has 4 aliphatic carbocycles. The van der Waals surface area contributed by atoms with E-state index in [1.165, 1.54) is 39.2 Å². The standard InChI is InChI=1S/C18H33P.C15H10.C5H11N2O4S2.2ClH.Ru/c1-4-10-16(11-5-1)19(17-12-6-2-7-13-17)18-14-8-3-9-15-18;1-2-6-12(7-3-1)15-11-10-13-8-4-5-9-14(13)15;1-12(8,9)6-3-4-7(5-6)13(2,10)11;;;/h16-18H,1-15H2;1-9,11H;5H,3-4H2,1-2H3;2*1H;/q;;-1;;;+2/p-1. The zero-order valence-corrected chi connectivity index (χ0v) is 35.4. The number of rotatable bonds is 6. The first-order chi connectivity index (χ1) is 23.9. The van der Waals surface area contributed by atoms with Crippen molar-refractivity contribution in [2.45, 2.75) is 113 Å². The van der Waals surface area contributed by atoms with Crippen LogP contribution in [0.4, 0.5) is 0 Å². The monoisotopic (exact) mass is 870 g/mol. The number of nitrogens with zero attached hydrogens (tertiary/aromatic N) is 2. The van der Waals surface area contributed by atoms with E-state index in [0.29, 0.717) is 0 Å². The van der Waals surface area contributed by atoms with E-state index in [-0.39, 0.29) is 21.0 Å². The number of benzene rings is 2. The topological polar surface area (TPSA) is 74.8 Å². The third-order valence-corrected chi connectivity index (χ3v) is 20.8. The summed E-state index contributed by atoms with van der Waals surface area (Å²) < 4.78 is 47.1. The Morgan fingerprint density at radius 2 is 1.02 bits per heavy atom. The van der Waals surface area contributed by atoms with Crippen LogP contribution in [0.3, 0.4) is 0 Å². The number of fused-ring (bicyclic) bond motifs is 1. The molecule has 6 nitrogen and oxygen atoms in total. The van der Waals surface area contributed by atoms with Crippen LogP contribution in [-0.2, 0) is 33.6 Å². The molecule has 0 bridgehead atoms. The first kappa shape index (κ1) is 40.7. The predicted molar refractivity (Wildman–Crippen MR) is 212 cm³/mol. The minimum absolute atomic E-state index is 0.0465. The zero-order chi connectivity index (χ0) is 35.7. The van der Waals surface area contributed by atoms with Crippen LogP contribution in [0, 0.1) is 6.67 Å². The third-order valence-electron chi connectivity index (χ3n) is 10.8. The summed E-state index contributed by atoms with van der Waals surface area (Å²) in [6, 6.07) is 18.7. The number of hydrogen-bond acceptors (Lipinski definition) is 4. The van der Waals surface area contributed by atoms with Crippen molar-refractivity contribution in [3.8, 4) is 0 Å². The third kappa shape index (κ3) is 11.3. The molecule has 0 radical (unpaired) electrons. The molecule has 0 atom stereocenters. The van der Waals surface area contributed by atoms with Gasteiger partial charge in [-0.3, -0.25) is 0 Å². The molecule has 0 amide bonds. The second-order valence-corrected chi connectivity index (χ2v) is 27.5. The SMILES string of the molecule is C1CCC([PH+](C2CCCCC2)C2CCCCC2)CC1.CS(=O)(=O)N1[CH-]N(S(C)(=O)=O)CC1.[Cl][Ru]([Cl])=[C]1C=C(c2ccccc2)c2ccccc21. The summed E-state index contributed by atoms with van der Waals surface area (Å²) in [4.78, 5) is 0. The fraction of sp³-hybridized carbons (Fsp3) is 0.579. The van der Waals surface area contributed by atoms with E-state index in [2.05, 4.69) is 36.4 Å². The van der Waals surface area contributed by atoms with Gasteiger partial charge in [-0.1, -0.05) is 19.3 Å². The summed E-state index contributed by atoms with van der Waals surface area (Å²) in [6.07, 6.45) is 28.0. The van der Waals surface area contributed by atoms with E-state index < -0.39 is 33.6 Å². The fourth-order valence-electron chi connectivity index (χ4n) is 8.43. The summed E-state index contributed by atoms with van der Waals surface area (Å²) in [6.45, 7) is 1.47. The summed E-state index contributed by atoms with van der Waals surface area (Å²) in [7, 11) is 5.69. The van der Waals surface area contributed by atoms with E-state index in [1.807, 2.05) is 24.3 Å². The Labute approximate surface area is 316 Å². The molecule has 3 saturated carbocycles. The molecule has 50 heavy (non-hydrogen) atoms. The second-order valence-electron chi connectivity index (χ2n) is 14.4. The van der Waals surface area contributed by atoms with Crippen molar-refractivity contribution in [1.82, 2.24) is 8.61 Å². The van der Waals surface area contributed by atoms with Crippen LogP contribution >= 0.6 is 27.3 Å². The van der Waals surface area contributed by atoms with Gasteiger partial charge in [-0.15, -0.1) is 0 Å². The summed E-state index contributed by atoms with van der Waals surface area (Å²) >= 11 is -1.88. The van der Waals surface area contributed by atoms with E-state index in [0.717, 1.165) is 31.9 Å². The van der Waals surface area contributed by atoms with Crippen LogP contribution in [0.1, 0.15) is 113 Å². The normalized spacial score (nSPS) is 21.9. The second kappa shape index (κ2) is 19.2. The maximum atomic E-state index is 11.0. The molecule has 1 heterocycles. The van der Waals surface area contributed by atoms with Gasteiger partial charge in [0.1, 0.15) is 0 Å². The Morgan fingerprint density at radius 3 is 1.40 bits per heavy atom. The molecule has 0 spiro atoms. The van der Waals surface area contributed by atoms with Gasteiger partial charge in [0.25, 0.3) is 0 Å². The van der Waals surface area contributed by atoms with Gasteiger partial charge in [-0.2, -0.15) is 6.67 Å². The van der Waals surface area contributed by atoms with Gasteiger partial charge in [-0.05, 0) is 90.1 Å². The van der Waals surface area contributed by atoms with Crippen LogP contribution < -0.4 is 0 Å². The predicted octanol–water partition coefficient (Wildman–Crippen LogP) is 9.42. The van der Waals surface area contributed by atoms with Crippen LogP contribution in [0.25, 0.3) is 5.57 Å². The molecule has 280 valence electrons. The Morgan fingerprint density at radius 1 is 0.620 bits per heavy atom.